The zero-order valence-electron chi connectivity index (χ0n) is 5.41. The van der Waals surface area contributed by atoms with Crippen LogP contribution in [-0.2, 0) is 51.9 Å². The summed E-state index contributed by atoms with van der Waals surface area (Å²) >= 11 is -5.62. The zero-order chi connectivity index (χ0) is 9.00. The Bertz CT molecular complexity index is 294. The van der Waals surface area contributed by atoms with Gasteiger partial charge in [-0.3, -0.25) is 8.42 Å². The molecule has 0 heterocycles. The third-order valence-corrected chi connectivity index (χ3v) is 0. The standard InChI is InChI=1S/Fe.Mn.H3N.H2O4S.4O/c;;;1-5(2,3)4;;;;/h;;1H3;(H2,1,2,3,4);;;;/q+2;;;;;;;-1/p-1. The summed E-state index contributed by atoms with van der Waals surface area (Å²) in [6.07, 6.45) is 0. The van der Waals surface area contributed by atoms with Gasteiger partial charge in [0, 0.05) is 10.4 Å². The van der Waals surface area contributed by atoms with Crippen LogP contribution in [0.1, 0.15) is 0 Å². The Labute approximate surface area is 79.9 Å². The fourth-order valence-electron chi connectivity index (χ4n) is 0. The van der Waals surface area contributed by atoms with E-state index in [2.05, 4.69) is 0 Å². The molecule has 9 nitrogen and oxygen atoms in total. The van der Waals surface area contributed by atoms with Gasteiger partial charge in [0.2, 0.25) is 0 Å². The average Bonchev–Trinajstić information content (AvgIpc) is 1.12. The molecule has 0 spiro atoms. The van der Waals surface area contributed by atoms with Crippen molar-refractivity contribution in [2.45, 2.75) is 0 Å². The van der Waals surface area contributed by atoms with E-state index in [4.69, 9.17) is 33.2 Å². The molecule has 0 saturated carbocycles. The summed E-state index contributed by atoms with van der Waals surface area (Å²) in [5.74, 6) is 0. The Morgan fingerprint density at radius 3 is 1.00 bits per heavy atom. The van der Waals surface area contributed by atoms with Crippen LogP contribution in [0.5, 0.6) is 0 Å². The molecule has 0 unspecified atom stereocenters. The summed E-state index contributed by atoms with van der Waals surface area (Å²) in [7, 11) is -5.17. The summed E-state index contributed by atoms with van der Waals surface area (Å²) in [4.78, 5) is 0. The van der Waals surface area contributed by atoms with E-state index < -0.39 is 23.4 Å². The predicted octanol–water partition coefficient (Wildman–Crippen LogP) is -2.51. The summed E-state index contributed by atoms with van der Waals surface area (Å²) < 4.78 is 68.4. The summed E-state index contributed by atoms with van der Waals surface area (Å²) in [5.41, 5.74) is 0. The van der Waals surface area contributed by atoms with Crippen molar-refractivity contribution in [1.29, 1.82) is 0 Å². The van der Waals surface area contributed by atoms with Gasteiger partial charge in [-0.25, -0.2) is 0 Å². The minimum absolute atomic E-state index is 0. The van der Waals surface area contributed by atoms with Gasteiger partial charge in [0.05, 0.1) is 0 Å². The first-order valence-electron chi connectivity index (χ1n) is 1.28. The molecule has 12 heteroatoms. The Hall–Kier alpha value is 0.229. The van der Waals surface area contributed by atoms with E-state index in [9.17, 15) is 0 Å². The van der Waals surface area contributed by atoms with Crippen LogP contribution in [0.2, 0.25) is 0 Å². The predicted molar refractivity (Wildman–Crippen MR) is 18.5 cm³/mol. The van der Waals surface area contributed by atoms with E-state index in [1.54, 1.807) is 0 Å². The molecule has 0 fully saturated rings. The van der Waals surface area contributed by atoms with E-state index in [0.29, 0.717) is 0 Å². The van der Waals surface area contributed by atoms with Crippen molar-refractivity contribution >= 4 is 10.4 Å². The summed E-state index contributed by atoms with van der Waals surface area (Å²) in [6.45, 7) is 0. The first-order valence-corrected chi connectivity index (χ1v) is 4.54. The van der Waals surface area contributed by atoms with Gasteiger partial charge in [-0.2, -0.15) is 0 Å². The van der Waals surface area contributed by atoms with E-state index >= 15 is 0 Å². The number of quaternary nitrogens is 1. The Balaban J connectivity index is -0.0000000457. The second kappa shape index (κ2) is 7.86. The molecule has 0 aliphatic rings. The van der Waals surface area contributed by atoms with E-state index in [-0.39, 0.29) is 23.2 Å². The van der Waals surface area contributed by atoms with Crippen molar-refractivity contribution in [2.24, 2.45) is 0 Å². The van der Waals surface area contributed by atoms with Gasteiger partial charge in [-0.1, -0.05) is 0 Å². The molecule has 12 heavy (non-hydrogen) atoms. The van der Waals surface area contributed by atoms with Gasteiger partial charge in [0.15, 0.2) is 0 Å². The maximum absolute atomic E-state index is 8.58. The van der Waals surface area contributed by atoms with Crippen LogP contribution in [0.3, 0.4) is 0 Å². The van der Waals surface area contributed by atoms with Crippen LogP contribution >= 0.6 is 0 Å². The number of rotatable bonds is 0. The molecule has 4 N–H and O–H groups in total. The van der Waals surface area contributed by atoms with Crippen molar-refractivity contribution in [3.63, 3.8) is 0 Å². The molecule has 0 amide bonds. The number of hydrogen-bond acceptors (Lipinski definition) is 8. The molecule has 0 aliphatic carbocycles. The van der Waals surface area contributed by atoms with Crippen molar-refractivity contribution in [2.75, 3.05) is 0 Å². The monoisotopic (exact) mass is 289 g/mol. The van der Waals surface area contributed by atoms with Crippen molar-refractivity contribution < 1.29 is 63.3 Å². The van der Waals surface area contributed by atoms with Crippen molar-refractivity contribution in [3.8, 4) is 0 Å². The normalized spacial score (nSPS) is 9.58. The molecule has 0 aromatic carbocycles. The van der Waals surface area contributed by atoms with Crippen LogP contribution in [-0.4, -0.2) is 17.5 Å². The summed E-state index contributed by atoms with van der Waals surface area (Å²) in [5, 5.41) is 0. The first-order chi connectivity index (χ1) is 4.00. The van der Waals surface area contributed by atoms with E-state index in [1.165, 1.54) is 0 Å². The average molecular weight is 289 g/mol. The molecule has 78 valence electrons. The second-order valence-corrected chi connectivity index (χ2v) is 2.78. The molecule has 0 aromatic rings. The molecule has 0 rings (SSSR count). The molecule has 0 aromatic heterocycles. The van der Waals surface area contributed by atoms with Crippen molar-refractivity contribution in [3.05, 3.63) is 0 Å². The van der Waals surface area contributed by atoms with Crippen molar-refractivity contribution in [1.82, 2.24) is 6.15 Å². The van der Waals surface area contributed by atoms with Gasteiger partial charge >= 0.3 is 45.7 Å². The van der Waals surface area contributed by atoms with Crippen LogP contribution in [0.15, 0.2) is 0 Å². The van der Waals surface area contributed by atoms with Gasteiger partial charge < -0.3 is 15.3 Å². The Morgan fingerprint density at radius 1 is 1.00 bits per heavy atom. The minimum atomic E-state index is -5.62. The number of hydrogen-bond donors (Lipinski definition) is 1. The molecule has 0 saturated heterocycles. The Kier molecular flexibility index (Phi) is 14.9. The molecule has 0 radical (unpaired) electrons. The summed E-state index contributed by atoms with van der Waals surface area (Å²) in [6, 6.07) is 0. The first kappa shape index (κ1) is 22.8. The van der Waals surface area contributed by atoms with Crippen LogP contribution < -0.4 is 10.3 Å². The molecule has 0 bridgehead atoms. The second-order valence-electron chi connectivity index (χ2n) is 0.786. The van der Waals surface area contributed by atoms with Crippen LogP contribution in [0, 0.1) is 0 Å². The zero-order valence-corrected chi connectivity index (χ0v) is 8.51. The fourth-order valence-corrected chi connectivity index (χ4v) is 0. The molecular formula is H4FeMnNO8S. The van der Waals surface area contributed by atoms with Gasteiger partial charge in [0.25, 0.3) is 0 Å². The molecular weight excluding hydrogens is 285 g/mol. The third-order valence-electron chi connectivity index (χ3n) is 0. The SMILES string of the molecule is O=S(=O)([O-])[O-].[Fe+2].[NH4+].[O]=[Mn](=[O])(=[O])[O-]. The molecule has 0 atom stereocenters. The van der Waals surface area contributed by atoms with Crippen LogP contribution in [0.25, 0.3) is 0 Å². The van der Waals surface area contributed by atoms with Crippen LogP contribution in [0.4, 0.5) is 0 Å². The van der Waals surface area contributed by atoms with Gasteiger partial charge in [-0.05, 0) is 0 Å². The third kappa shape index (κ3) is 16600. The molecule has 0 aliphatic heterocycles. The fraction of sp³-hybridized carbons (Fsp3) is 0. The Morgan fingerprint density at radius 2 is 1.00 bits per heavy atom. The van der Waals surface area contributed by atoms with Gasteiger partial charge in [-0.15, -0.1) is 0 Å². The van der Waals surface area contributed by atoms with E-state index in [0.717, 1.165) is 0 Å². The maximum atomic E-state index is 8.58. The quantitative estimate of drug-likeness (QED) is 0.287. The van der Waals surface area contributed by atoms with Gasteiger partial charge in [0.1, 0.15) is 0 Å². The topological polar surface area (TPSA) is 191 Å². The van der Waals surface area contributed by atoms with E-state index in [1.807, 2.05) is 0 Å².